The van der Waals surface area contributed by atoms with Crippen LogP contribution >= 0.6 is 11.3 Å². The topological polar surface area (TPSA) is 93.3 Å². The number of rotatable bonds is 5. The zero-order chi connectivity index (χ0) is 20.1. The molecule has 2 aliphatic carbocycles. The fraction of sp³-hybridized carbons (Fsp3) is 0.444. The molecule has 0 radical (unpaired) electrons. The van der Waals surface area contributed by atoms with E-state index in [0.717, 1.165) is 23.3 Å². The van der Waals surface area contributed by atoms with Crippen LogP contribution in [0.2, 0.25) is 0 Å². The molecule has 1 N–H and O–H groups in total. The van der Waals surface area contributed by atoms with Gasteiger partial charge in [0.1, 0.15) is 0 Å². The lowest BCUT2D eigenvalue weighted by atomic mass is 10.0. The SMILES string of the molecule is O=C(O)C1=C(C(=O)Cc2sc3c(c2-c2nc(C(F)(F)F)no2)CCC3)CCC1. The van der Waals surface area contributed by atoms with Crippen molar-refractivity contribution in [3.05, 3.63) is 32.3 Å². The van der Waals surface area contributed by atoms with E-state index in [0.29, 0.717) is 41.7 Å². The van der Waals surface area contributed by atoms with Crippen molar-refractivity contribution in [2.45, 2.75) is 51.1 Å². The number of Topliss-reactive ketones (excluding diaryl/α,β-unsaturated/α-hetero) is 1. The maximum Gasteiger partial charge on any atom is 0.455 e. The Morgan fingerprint density at radius 1 is 1.11 bits per heavy atom. The number of aliphatic carboxylic acids is 1. The monoisotopic (exact) mass is 412 g/mol. The van der Waals surface area contributed by atoms with Crippen LogP contribution < -0.4 is 0 Å². The van der Waals surface area contributed by atoms with Gasteiger partial charge in [-0.3, -0.25) is 4.79 Å². The van der Waals surface area contributed by atoms with Crippen molar-refractivity contribution in [2.75, 3.05) is 0 Å². The molecule has 2 aliphatic rings. The minimum atomic E-state index is -4.72. The van der Waals surface area contributed by atoms with E-state index in [1.54, 1.807) is 0 Å². The van der Waals surface area contributed by atoms with Crippen LogP contribution in [0.25, 0.3) is 11.5 Å². The summed E-state index contributed by atoms with van der Waals surface area (Å²) in [4.78, 5) is 29.1. The first kappa shape index (κ1) is 18.9. The van der Waals surface area contributed by atoms with Gasteiger partial charge in [-0.1, -0.05) is 5.16 Å². The Hall–Kier alpha value is -2.49. The normalized spacial score (nSPS) is 16.7. The molecule has 0 spiro atoms. The van der Waals surface area contributed by atoms with Crippen LogP contribution in [0, 0.1) is 0 Å². The summed E-state index contributed by atoms with van der Waals surface area (Å²) < 4.78 is 43.4. The number of nitrogens with zero attached hydrogens (tertiary/aromatic N) is 2. The quantitative estimate of drug-likeness (QED) is 0.798. The Bertz CT molecular complexity index is 1000. The van der Waals surface area contributed by atoms with Gasteiger partial charge >= 0.3 is 12.1 Å². The standard InChI is InChI=1S/C18H15F3N2O4S/c19-18(20,21)17-22-15(27-23-17)14-10-5-2-6-12(10)28-13(14)7-11(24)8-3-1-4-9(8)16(25)26/h1-7H2,(H,25,26). The third-order valence-electron chi connectivity index (χ3n) is 5.02. The lowest BCUT2D eigenvalue weighted by Crippen LogP contribution is -2.10. The van der Waals surface area contributed by atoms with Gasteiger partial charge in [0.2, 0.25) is 0 Å². The summed E-state index contributed by atoms with van der Waals surface area (Å²) in [5.41, 5.74) is 1.69. The highest BCUT2D eigenvalue weighted by atomic mass is 32.1. The molecule has 4 rings (SSSR count). The van der Waals surface area contributed by atoms with Crippen molar-refractivity contribution in [1.29, 1.82) is 0 Å². The first-order chi connectivity index (χ1) is 13.3. The zero-order valence-corrected chi connectivity index (χ0v) is 15.4. The Labute approximate surface area is 161 Å². The fourth-order valence-electron chi connectivity index (χ4n) is 3.81. The lowest BCUT2D eigenvalue weighted by molar-refractivity contribution is -0.146. The van der Waals surface area contributed by atoms with Crippen LogP contribution in [0.4, 0.5) is 13.2 Å². The smallest absolute Gasteiger partial charge is 0.455 e. The van der Waals surface area contributed by atoms with Crippen molar-refractivity contribution >= 4 is 23.1 Å². The predicted molar refractivity (Wildman–Crippen MR) is 91.9 cm³/mol. The van der Waals surface area contributed by atoms with Gasteiger partial charge in [0.25, 0.3) is 11.7 Å². The van der Waals surface area contributed by atoms with Crippen molar-refractivity contribution in [1.82, 2.24) is 10.1 Å². The highest BCUT2D eigenvalue weighted by Crippen LogP contribution is 2.42. The van der Waals surface area contributed by atoms with E-state index in [1.807, 2.05) is 0 Å². The number of aromatic nitrogens is 2. The average Bonchev–Trinajstić information content (AvgIpc) is 3.36. The minimum Gasteiger partial charge on any atom is -0.478 e. The largest absolute Gasteiger partial charge is 0.478 e. The molecule has 0 amide bonds. The summed E-state index contributed by atoms with van der Waals surface area (Å²) in [6, 6.07) is 0. The number of hydrogen-bond acceptors (Lipinski definition) is 6. The maximum atomic E-state index is 12.9. The van der Waals surface area contributed by atoms with E-state index < -0.39 is 18.0 Å². The van der Waals surface area contributed by atoms with Gasteiger partial charge in [-0.25, -0.2) is 4.79 Å². The Morgan fingerprint density at radius 3 is 2.50 bits per heavy atom. The van der Waals surface area contributed by atoms with Crippen LogP contribution in [-0.4, -0.2) is 27.0 Å². The molecule has 2 aromatic rings. The number of alkyl halides is 3. The summed E-state index contributed by atoms with van der Waals surface area (Å²) in [6.07, 6.45) is -1.12. The number of halogens is 3. The first-order valence-corrected chi connectivity index (χ1v) is 9.60. The molecular weight excluding hydrogens is 397 g/mol. The molecule has 0 aliphatic heterocycles. The molecule has 2 aromatic heterocycles. The number of carboxylic acid groups (broad SMARTS) is 1. The molecule has 2 heterocycles. The van der Waals surface area contributed by atoms with Gasteiger partial charge in [-0.15, -0.1) is 11.3 Å². The fourth-order valence-corrected chi connectivity index (χ4v) is 5.20. The first-order valence-electron chi connectivity index (χ1n) is 8.79. The minimum absolute atomic E-state index is 0.0805. The molecule has 0 saturated carbocycles. The number of carboxylic acids is 1. The number of aryl methyl sites for hydroxylation is 1. The molecule has 0 atom stereocenters. The highest BCUT2D eigenvalue weighted by Gasteiger charge is 2.38. The summed E-state index contributed by atoms with van der Waals surface area (Å²) in [5, 5.41) is 12.3. The molecule has 28 heavy (non-hydrogen) atoms. The van der Waals surface area contributed by atoms with Gasteiger partial charge < -0.3 is 9.63 Å². The lowest BCUT2D eigenvalue weighted by Gasteiger charge is -2.05. The maximum absolute atomic E-state index is 12.9. The summed E-state index contributed by atoms with van der Waals surface area (Å²) in [5.74, 6) is -3.01. The number of carbonyl (C=O) groups is 2. The second-order valence-electron chi connectivity index (χ2n) is 6.79. The molecule has 0 fully saturated rings. The summed E-state index contributed by atoms with van der Waals surface area (Å²) in [7, 11) is 0. The number of thiophene rings is 1. The van der Waals surface area contributed by atoms with E-state index >= 15 is 0 Å². The zero-order valence-electron chi connectivity index (χ0n) is 14.6. The Morgan fingerprint density at radius 2 is 1.82 bits per heavy atom. The van der Waals surface area contributed by atoms with Crippen molar-refractivity contribution in [3.63, 3.8) is 0 Å². The molecule has 0 bridgehead atoms. The Kier molecular flexibility index (Phi) is 4.60. The molecule has 6 nitrogen and oxygen atoms in total. The van der Waals surface area contributed by atoms with Crippen LogP contribution in [0.1, 0.15) is 46.8 Å². The molecular formula is C18H15F3N2O4S. The van der Waals surface area contributed by atoms with Crippen molar-refractivity contribution < 1.29 is 32.4 Å². The van der Waals surface area contributed by atoms with Crippen LogP contribution in [-0.2, 0) is 35.0 Å². The second kappa shape index (κ2) is 6.84. The average molecular weight is 412 g/mol. The number of carbonyl (C=O) groups excluding carboxylic acids is 1. The second-order valence-corrected chi connectivity index (χ2v) is 7.98. The van der Waals surface area contributed by atoms with Gasteiger partial charge in [0.15, 0.2) is 5.78 Å². The van der Waals surface area contributed by atoms with Crippen LogP contribution in [0.5, 0.6) is 0 Å². The molecule has 0 saturated heterocycles. The van der Waals surface area contributed by atoms with E-state index in [9.17, 15) is 27.9 Å². The molecule has 0 aromatic carbocycles. The van der Waals surface area contributed by atoms with E-state index in [4.69, 9.17) is 4.52 Å². The van der Waals surface area contributed by atoms with Gasteiger partial charge in [0.05, 0.1) is 5.56 Å². The van der Waals surface area contributed by atoms with E-state index in [1.165, 1.54) is 11.3 Å². The summed E-state index contributed by atoms with van der Waals surface area (Å²) >= 11 is 1.36. The van der Waals surface area contributed by atoms with E-state index in [-0.39, 0.29) is 23.7 Å². The van der Waals surface area contributed by atoms with E-state index in [2.05, 4.69) is 10.1 Å². The highest BCUT2D eigenvalue weighted by molar-refractivity contribution is 7.12. The van der Waals surface area contributed by atoms with Crippen molar-refractivity contribution in [2.24, 2.45) is 0 Å². The summed E-state index contributed by atoms with van der Waals surface area (Å²) in [6.45, 7) is 0. The molecule has 148 valence electrons. The molecule has 0 unspecified atom stereocenters. The number of allylic oxidation sites excluding steroid dienone is 1. The number of ketones is 1. The third kappa shape index (κ3) is 3.25. The number of fused-ring (bicyclic) bond motifs is 1. The van der Waals surface area contributed by atoms with Crippen LogP contribution in [0.3, 0.4) is 0 Å². The third-order valence-corrected chi connectivity index (χ3v) is 6.31. The van der Waals surface area contributed by atoms with Gasteiger partial charge in [0, 0.05) is 27.3 Å². The Balaban J connectivity index is 1.71. The van der Waals surface area contributed by atoms with Gasteiger partial charge in [-0.2, -0.15) is 18.2 Å². The van der Waals surface area contributed by atoms with Gasteiger partial charge in [-0.05, 0) is 44.1 Å². The predicted octanol–water partition coefficient (Wildman–Crippen LogP) is 3.98. The molecule has 10 heteroatoms. The van der Waals surface area contributed by atoms with Crippen molar-refractivity contribution in [3.8, 4) is 11.5 Å². The number of hydrogen-bond donors (Lipinski definition) is 1. The van der Waals surface area contributed by atoms with Crippen LogP contribution in [0.15, 0.2) is 15.7 Å².